The summed E-state index contributed by atoms with van der Waals surface area (Å²) in [5.74, 6) is -1.53. The predicted octanol–water partition coefficient (Wildman–Crippen LogP) is 0.800. The van der Waals surface area contributed by atoms with Crippen LogP contribution in [0.15, 0.2) is 18.2 Å². The van der Waals surface area contributed by atoms with Gasteiger partial charge in [0.1, 0.15) is 0 Å². The molecule has 1 aromatic carbocycles. The first-order valence-corrected chi connectivity index (χ1v) is 7.01. The molecule has 1 unspecified atom stereocenters. The van der Waals surface area contributed by atoms with Crippen LogP contribution in [0.5, 0.6) is 0 Å². The lowest BCUT2D eigenvalue weighted by Crippen LogP contribution is -2.40. The van der Waals surface area contributed by atoms with E-state index in [2.05, 4.69) is 5.32 Å². The minimum Gasteiger partial charge on any atom is -0.478 e. The lowest BCUT2D eigenvalue weighted by Gasteiger charge is -2.31. The van der Waals surface area contributed by atoms with Gasteiger partial charge in [0.05, 0.1) is 11.5 Å². The number of benzene rings is 1. The van der Waals surface area contributed by atoms with Gasteiger partial charge in [0, 0.05) is 25.2 Å². The van der Waals surface area contributed by atoms with Crippen LogP contribution in [0.4, 0.5) is 5.69 Å². The van der Waals surface area contributed by atoms with E-state index in [1.807, 2.05) is 0 Å². The van der Waals surface area contributed by atoms with Crippen molar-refractivity contribution < 1.29 is 19.5 Å². The van der Waals surface area contributed by atoms with Crippen LogP contribution < -0.4 is 10.2 Å². The molecular formula is C15H16N2O4. The first-order chi connectivity index (χ1) is 10.1. The van der Waals surface area contributed by atoms with Crippen LogP contribution in [0.1, 0.15) is 28.8 Å². The molecule has 1 saturated heterocycles. The summed E-state index contributed by atoms with van der Waals surface area (Å²) >= 11 is 0. The number of rotatable bonds is 2. The molecule has 2 N–H and O–H groups in total. The summed E-state index contributed by atoms with van der Waals surface area (Å²) in [6, 6.07) is 5.00. The van der Waals surface area contributed by atoms with Crippen LogP contribution in [-0.2, 0) is 16.0 Å². The molecule has 21 heavy (non-hydrogen) atoms. The Morgan fingerprint density at radius 3 is 2.81 bits per heavy atom. The summed E-state index contributed by atoms with van der Waals surface area (Å²) in [6.07, 6.45) is 1.60. The summed E-state index contributed by atoms with van der Waals surface area (Å²) in [4.78, 5) is 36.8. The van der Waals surface area contributed by atoms with Gasteiger partial charge >= 0.3 is 5.97 Å². The summed E-state index contributed by atoms with van der Waals surface area (Å²) in [6.45, 7) is 0.932. The molecule has 0 spiro atoms. The smallest absolute Gasteiger partial charge is 0.336 e. The molecule has 0 aromatic heterocycles. The third-order valence-corrected chi connectivity index (χ3v) is 4.07. The zero-order valence-corrected chi connectivity index (χ0v) is 11.5. The van der Waals surface area contributed by atoms with Gasteiger partial charge in [0.25, 0.3) is 0 Å². The van der Waals surface area contributed by atoms with E-state index in [0.717, 1.165) is 6.42 Å². The highest BCUT2D eigenvalue weighted by atomic mass is 16.4. The zero-order chi connectivity index (χ0) is 15.0. The molecule has 0 aliphatic carbocycles. The fourth-order valence-electron chi connectivity index (χ4n) is 3.05. The molecule has 2 aliphatic heterocycles. The Hall–Kier alpha value is -2.37. The molecule has 110 valence electrons. The first kappa shape index (κ1) is 13.6. The van der Waals surface area contributed by atoms with Crippen LogP contribution in [0.2, 0.25) is 0 Å². The quantitative estimate of drug-likeness (QED) is 0.842. The number of nitrogens with one attached hydrogen (secondary N) is 1. The maximum Gasteiger partial charge on any atom is 0.336 e. The van der Waals surface area contributed by atoms with Crippen LogP contribution >= 0.6 is 0 Å². The molecule has 1 aromatic rings. The lowest BCUT2D eigenvalue weighted by molar-refractivity contribution is -0.124. The van der Waals surface area contributed by atoms with Crippen molar-refractivity contribution in [3.8, 4) is 0 Å². The van der Waals surface area contributed by atoms with Gasteiger partial charge in [0.15, 0.2) is 0 Å². The highest BCUT2D eigenvalue weighted by molar-refractivity contribution is 6.01. The normalized spacial score (nSPS) is 20.9. The predicted molar refractivity (Wildman–Crippen MR) is 75.2 cm³/mol. The Bertz CT molecular complexity index is 626. The summed E-state index contributed by atoms with van der Waals surface area (Å²) < 4.78 is 0. The van der Waals surface area contributed by atoms with Gasteiger partial charge in [-0.25, -0.2) is 4.79 Å². The van der Waals surface area contributed by atoms with Crippen molar-refractivity contribution in [3.05, 3.63) is 29.3 Å². The molecule has 2 amide bonds. The number of anilines is 1. The molecule has 1 atom stereocenters. The van der Waals surface area contributed by atoms with E-state index in [9.17, 15) is 19.5 Å². The van der Waals surface area contributed by atoms with Gasteiger partial charge in [-0.15, -0.1) is 0 Å². The van der Waals surface area contributed by atoms with Crippen LogP contribution in [0, 0.1) is 5.92 Å². The van der Waals surface area contributed by atoms with Crippen molar-refractivity contribution in [2.45, 2.75) is 19.3 Å². The highest BCUT2D eigenvalue weighted by Crippen LogP contribution is 2.31. The van der Waals surface area contributed by atoms with E-state index in [-0.39, 0.29) is 29.7 Å². The standard InChI is InChI=1S/C15H16N2O4/c18-13-7-9(8-16-13)14(19)17-6-2-4-10-11(15(20)21)3-1-5-12(10)17/h1,3,5,9H,2,4,6-8H2,(H,16,18)(H,20,21). The summed E-state index contributed by atoms with van der Waals surface area (Å²) in [5.41, 5.74) is 1.64. The van der Waals surface area contributed by atoms with Crippen molar-refractivity contribution in [1.29, 1.82) is 0 Å². The average Bonchev–Trinajstić information content (AvgIpc) is 2.91. The Kier molecular flexibility index (Phi) is 3.37. The fraction of sp³-hybridized carbons (Fsp3) is 0.400. The highest BCUT2D eigenvalue weighted by Gasteiger charge is 2.34. The van der Waals surface area contributed by atoms with Crippen molar-refractivity contribution in [2.75, 3.05) is 18.0 Å². The van der Waals surface area contributed by atoms with Crippen LogP contribution in [0.25, 0.3) is 0 Å². The Labute approximate surface area is 121 Å². The molecule has 0 bridgehead atoms. The molecule has 3 rings (SSSR count). The minimum atomic E-state index is -0.973. The molecule has 1 fully saturated rings. The van der Waals surface area contributed by atoms with Gasteiger partial charge in [-0.2, -0.15) is 0 Å². The molecule has 6 nitrogen and oxygen atoms in total. The molecule has 2 heterocycles. The first-order valence-electron chi connectivity index (χ1n) is 7.01. The second kappa shape index (κ2) is 5.20. The Morgan fingerprint density at radius 2 is 2.14 bits per heavy atom. The van der Waals surface area contributed by atoms with Gasteiger partial charge in [0.2, 0.25) is 11.8 Å². The third kappa shape index (κ3) is 2.37. The van der Waals surface area contributed by atoms with E-state index in [1.54, 1.807) is 23.1 Å². The molecule has 2 aliphatic rings. The lowest BCUT2D eigenvalue weighted by atomic mass is 9.95. The largest absolute Gasteiger partial charge is 0.478 e. The number of hydrogen-bond acceptors (Lipinski definition) is 3. The summed E-state index contributed by atoms with van der Waals surface area (Å²) in [7, 11) is 0. The molecule has 0 radical (unpaired) electrons. The number of hydrogen-bond donors (Lipinski definition) is 2. The van der Waals surface area contributed by atoms with E-state index < -0.39 is 5.97 Å². The number of carbonyl (C=O) groups is 3. The SMILES string of the molecule is O=C1CC(C(=O)N2CCCc3c(C(=O)O)cccc32)CN1. The average molecular weight is 288 g/mol. The topological polar surface area (TPSA) is 86.7 Å². The maximum absolute atomic E-state index is 12.6. The second-order valence-corrected chi connectivity index (χ2v) is 5.41. The number of carbonyl (C=O) groups excluding carboxylic acids is 2. The maximum atomic E-state index is 12.6. The monoisotopic (exact) mass is 288 g/mol. The van der Waals surface area contributed by atoms with Gasteiger partial charge < -0.3 is 15.3 Å². The van der Waals surface area contributed by atoms with Gasteiger partial charge in [-0.3, -0.25) is 9.59 Å². The van der Waals surface area contributed by atoms with E-state index >= 15 is 0 Å². The van der Waals surface area contributed by atoms with Crippen molar-refractivity contribution >= 4 is 23.5 Å². The zero-order valence-electron chi connectivity index (χ0n) is 11.5. The fourth-order valence-corrected chi connectivity index (χ4v) is 3.05. The number of carboxylic acid groups (broad SMARTS) is 1. The van der Waals surface area contributed by atoms with Crippen molar-refractivity contribution in [1.82, 2.24) is 5.32 Å². The van der Waals surface area contributed by atoms with E-state index in [1.165, 1.54) is 0 Å². The Balaban J connectivity index is 1.94. The van der Waals surface area contributed by atoms with Gasteiger partial charge in [-0.1, -0.05) is 6.07 Å². The molecule has 0 saturated carbocycles. The Morgan fingerprint density at radius 1 is 1.33 bits per heavy atom. The second-order valence-electron chi connectivity index (χ2n) is 5.41. The van der Waals surface area contributed by atoms with E-state index in [0.29, 0.717) is 30.8 Å². The number of aromatic carboxylic acids is 1. The molecule has 6 heteroatoms. The van der Waals surface area contributed by atoms with Crippen LogP contribution in [-0.4, -0.2) is 36.0 Å². The van der Waals surface area contributed by atoms with Crippen LogP contribution in [0.3, 0.4) is 0 Å². The number of fused-ring (bicyclic) bond motifs is 1. The number of nitrogens with zero attached hydrogens (tertiary/aromatic N) is 1. The number of carboxylic acids is 1. The van der Waals surface area contributed by atoms with E-state index in [4.69, 9.17) is 0 Å². The van der Waals surface area contributed by atoms with Gasteiger partial charge in [-0.05, 0) is 30.5 Å². The minimum absolute atomic E-state index is 0.100. The number of amides is 2. The molecular weight excluding hydrogens is 272 g/mol. The van der Waals surface area contributed by atoms with Crippen molar-refractivity contribution in [2.24, 2.45) is 5.92 Å². The summed E-state index contributed by atoms with van der Waals surface area (Å²) in [5, 5.41) is 11.9. The van der Waals surface area contributed by atoms with Crippen molar-refractivity contribution in [3.63, 3.8) is 0 Å². The third-order valence-electron chi connectivity index (χ3n) is 4.07.